The molecule has 7 nitrogen and oxygen atoms in total. The van der Waals surface area contributed by atoms with E-state index in [-0.39, 0.29) is 18.3 Å². The van der Waals surface area contributed by atoms with Crippen LogP contribution in [0.1, 0.15) is 15.9 Å². The molecule has 7 heteroatoms. The number of carbonyl (C=O) groups excluding carboxylic acids is 2. The quantitative estimate of drug-likeness (QED) is 0.291. The zero-order chi connectivity index (χ0) is 23.8. The van der Waals surface area contributed by atoms with Gasteiger partial charge in [-0.15, -0.1) is 0 Å². The van der Waals surface area contributed by atoms with E-state index in [4.69, 9.17) is 9.47 Å². The van der Waals surface area contributed by atoms with Crippen molar-refractivity contribution in [3.05, 3.63) is 109 Å². The summed E-state index contributed by atoms with van der Waals surface area (Å²) in [6.45, 7) is -0.159. The van der Waals surface area contributed by atoms with Crippen LogP contribution in [0.5, 0.6) is 11.5 Å². The van der Waals surface area contributed by atoms with Gasteiger partial charge in [-0.3, -0.25) is 9.59 Å². The molecule has 0 radical (unpaired) electrons. The van der Waals surface area contributed by atoms with Gasteiger partial charge in [0, 0.05) is 29.3 Å². The number of amides is 1. The highest BCUT2D eigenvalue weighted by Crippen LogP contribution is 2.28. The number of nitrogens with one attached hydrogen (secondary N) is 1. The van der Waals surface area contributed by atoms with Crippen LogP contribution in [0.4, 0.5) is 5.69 Å². The van der Waals surface area contributed by atoms with Crippen LogP contribution in [0.2, 0.25) is 0 Å². The first-order chi connectivity index (χ1) is 16.6. The normalized spacial score (nSPS) is 10.7. The van der Waals surface area contributed by atoms with Gasteiger partial charge in [0.1, 0.15) is 0 Å². The van der Waals surface area contributed by atoms with E-state index in [0.717, 1.165) is 11.3 Å². The summed E-state index contributed by atoms with van der Waals surface area (Å²) in [5.74, 6) is 0.506. The lowest BCUT2D eigenvalue weighted by Gasteiger charge is -2.11. The number of benzene rings is 3. The number of nitrogens with zero attached hydrogens (tertiary/aromatic N) is 2. The summed E-state index contributed by atoms with van der Waals surface area (Å²) in [6.07, 6.45) is 8.46. The van der Waals surface area contributed by atoms with Gasteiger partial charge >= 0.3 is 0 Å². The number of ether oxygens (including phenoxy) is 2. The molecule has 1 amide bonds. The first kappa shape index (κ1) is 22.5. The van der Waals surface area contributed by atoms with Gasteiger partial charge in [0.15, 0.2) is 23.9 Å². The van der Waals surface area contributed by atoms with E-state index >= 15 is 0 Å². The smallest absolute Gasteiger partial charge is 0.262 e. The number of rotatable bonds is 9. The molecule has 0 bridgehead atoms. The second-order valence-electron chi connectivity index (χ2n) is 7.33. The fourth-order valence-electron chi connectivity index (χ4n) is 3.25. The van der Waals surface area contributed by atoms with Gasteiger partial charge in [-0.1, -0.05) is 30.3 Å². The lowest BCUT2D eigenvalue weighted by molar-refractivity contribution is -0.118. The molecule has 0 aliphatic rings. The SMILES string of the molecule is COc1cc(/C=C/C(=O)c2ccc(-n3ccnc3)cc2)ccc1OCC(=O)Nc1ccccc1. The van der Waals surface area contributed by atoms with Crippen LogP contribution in [-0.4, -0.2) is 35.0 Å². The number of hydrogen-bond donors (Lipinski definition) is 1. The minimum atomic E-state index is -0.276. The Morgan fingerprint density at radius 3 is 2.50 bits per heavy atom. The molecule has 0 saturated carbocycles. The third-order valence-corrected chi connectivity index (χ3v) is 4.99. The van der Waals surface area contributed by atoms with E-state index in [2.05, 4.69) is 10.3 Å². The Hall–Kier alpha value is -4.65. The number of para-hydroxylation sites is 1. The minimum absolute atomic E-state index is 0.117. The molecule has 0 fully saturated rings. The first-order valence-corrected chi connectivity index (χ1v) is 10.6. The van der Waals surface area contributed by atoms with Gasteiger partial charge in [-0.25, -0.2) is 4.98 Å². The third-order valence-electron chi connectivity index (χ3n) is 4.99. The van der Waals surface area contributed by atoms with Crippen molar-refractivity contribution in [2.75, 3.05) is 19.0 Å². The molecular weight excluding hydrogens is 430 g/mol. The summed E-state index contributed by atoms with van der Waals surface area (Å²) in [5, 5.41) is 2.76. The molecule has 170 valence electrons. The molecule has 0 spiro atoms. The molecule has 4 aromatic rings. The van der Waals surface area contributed by atoms with Gasteiger partial charge in [0.2, 0.25) is 0 Å². The van der Waals surface area contributed by atoms with Crippen molar-refractivity contribution in [1.82, 2.24) is 9.55 Å². The predicted molar refractivity (Wildman–Crippen MR) is 130 cm³/mol. The topological polar surface area (TPSA) is 82.5 Å². The molecule has 0 saturated heterocycles. The maximum atomic E-state index is 12.6. The monoisotopic (exact) mass is 453 g/mol. The van der Waals surface area contributed by atoms with E-state index in [1.165, 1.54) is 13.2 Å². The van der Waals surface area contributed by atoms with Gasteiger partial charge in [0.25, 0.3) is 5.91 Å². The van der Waals surface area contributed by atoms with Gasteiger partial charge < -0.3 is 19.4 Å². The average Bonchev–Trinajstić information content (AvgIpc) is 3.42. The van der Waals surface area contributed by atoms with Crippen LogP contribution in [0, 0.1) is 0 Å². The van der Waals surface area contributed by atoms with E-state index in [9.17, 15) is 9.59 Å². The number of hydrogen-bond acceptors (Lipinski definition) is 5. The van der Waals surface area contributed by atoms with Crippen LogP contribution in [-0.2, 0) is 4.79 Å². The Kier molecular flexibility index (Phi) is 7.15. The van der Waals surface area contributed by atoms with Crippen molar-refractivity contribution in [2.45, 2.75) is 0 Å². The molecule has 0 aliphatic heterocycles. The standard InChI is InChI=1S/C27H23N3O4/c1-33-26-17-20(8-14-25(26)34-18-27(32)29-22-5-3-2-4-6-22)7-13-24(31)21-9-11-23(12-10-21)30-16-15-28-19-30/h2-17,19H,18H2,1H3,(H,29,32)/b13-7+. The maximum absolute atomic E-state index is 12.6. The molecule has 1 heterocycles. The Morgan fingerprint density at radius 2 is 1.79 bits per heavy atom. The number of allylic oxidation sites excluding steroid dienone is 1. The van der Waals surface area contributed by atoms with Gasteiger partial charge in [-0.2, -0.15) is 0 Å². The van der Waals surface area contributed by atoms with Crippen LogP contribution < -0.4 is 14.8 Å². The minimum Gasteiger partial charge on any atom is -0.493 e. The van der Waals surface area contributed by atoms with E-state index in [0.29, 0.717) is 22.7 Å². The molecule has 1 aromatic heterocycles. The number of ketones is 1. The van der Waals surface area contributed by atoms with Crippen molar-refractivity contribution in [3.63, 3.8) is 0 Å². The fraction of sp³-hybridized carbons (Fsp3) is 0.0741. The van der Waals surface area contributed by atoms with Crippen LogP contribution in [0.3, 0.4) is 0 Å². The number of aromatic nitrogens is 2. The van der Waals surface area contributed by atoms with E-state index in [1.54, 1.807) is 61.1 Å². The summed E-state index contributed by atoms with van der Waals surface area (Å²) in [4.78, 5) is 28.7. The summed E-state index contributed by atoms with van der Waals surface area (Å²) >= 11 is 0. The lowest BCUT2D eigenvalue weighted by atomic mass is 10.1. The second kappa shape index (κ2) is 10.8. The zero-order valence-electron chi connectivity index (χ0n) is 18.5. The Balaban J connectivity index is 1.37. The molecule has 3 aromatic carbocycles. The molecule has 34 heavy (non-hydrogen) atoms. The van der Waals surface area contributed by atoms with Crippen molar-refractivity contribution in [2.24, 2.45) is 0 Å². The molecule has 0 aliphatic carbocycles. The summed E-state index contributed by atoms with van der Waals surface area (Å²) in [5.41, 5.74) is 2.97. The highest BCUT2D eigenvalue weighted by molar-refractivity contribution is 6.06. The van der Waals surface area contributed by atoms with E-state index in [1.807, 2.05) is 41.1 Å². The Labute approximate surface area is 197 Å². The highest BCUT2D eigenvalue weighted by atomic mass is 16.5. The van der Waals surface area contributed by atoms with Crippen molar-refractivity contribution in [1.29, 1.82) is 0 Å². The van der Waals surface area contributed by atoms with Gasteiger partial charge in [0.05, 0.1) is 13.4 Å². The number of imidazole rings is 1. The highest BCUT2D eigenvalue weighted by Gasteiger charge is 2.09. The number of carbonyl (C=O) groups is 2. The molecular formula is C27H23N3O4. The first-order valence-electron chi connectivity index (χ1n) is 10.6. The van der Waals surface area contributed by atoms with Crippen LogP contribution in [0.25, 0.3) is 11.8 Å². The van der Waals surface area contributed by atoms with Crippen molar-refractivity contribution in [3.8, 4) is 17.2 Å². The Morgan fingerprint density at radius 1 is 1.00 bits per heavy atom. The van der Waals surface area contributed by atoms with Crippen LogP contribution in [0.15, 0.2) is 97.6 Å². The fourth-order valence-corrected chi connectivity index (χ4v) is 3.25. The number of methoxy groups -OCH3 is 1. The predicted octanol–water partition coefficient (Wildman–Crippen LogP) is 4.79. The summed E-state index contributed by atoms with van der Waals surface area (Å²) in [6, 6.07) is 21.7. The molecule has 1 N–H and O–H groups in total. The van der Waals surface area contributed by atoms with Crippen LogP contribution >= 0.6 is 0 Å². The lowest BCUT2D eigenvalue weighted by Crippen LogP contribution is -2.20. The maximum Gasteiger partial charge on any atom is 0.262 e. The largest absolute Gasteiger partial charge is 0.493 e. The van der Waals surface area contributed by atoms with E-state index < -0.39 is 0 Å². The average molecular weight is 453 g/mol. The van der Waals surface area contributed by atoms with Crippen molar-refractivity contribution < 1.29 is 19.1 Å². The second-order valence-corrected chi connectivity index (χ2v) is 7.33. The molecule has 0 unspecified atom stereocenters. The van der Waals surface area contributed by atoms with Gasteiger partial charge in [-0.05, 0) is 60.2 Å². The molecule has 0 atom stereocenters. The summed E-state index contributed by atoms with van der Waals surface area (Å²) in [7, 11) is 1.52. The summed E-state index contributed by atoms with van der Waals surface area (Å²) < 4.78 is 12.9. The Bertz CT molecular complexity index is 1280. The zero-order valence-corrected chi connectivity index (χ0v) is 18.5. The van der Waals surface area contributed by atoms with Crippen molar-refractivity contribution >= 4 is 23.5 Å². The third kappa shape index (κ3) is 5.77. The molecule has 4 rings (SSSR count). The number of anilines is 1.